The van der Waals surface area contributed by atoms with E-state index in [0.717, 1.165) is 12.8 Å². The summed E-state index contributed by atoms with van der Waals surface area (Å²) in [7, 11) is 0. The molecule has 0 radical (unpaired) electrons. The summed E-state index contributed by atoms with van der Waals surface area (Å²) in [4.78, 5) is 0. The van der Waals surface area contributed by atoms with Gasteiger partial charge in [0.25, 0.3) is 0 Å². The number of hydrogen-bond acceptors (Lipinski definition) is 0. The Morgan fingerprint density at radius 3 is 2.14 bits per heavy atom. The molecule has 0 spiro atoms. The number of rotatable bonds is 0. The van der Waals surface area contributed by atoms with Crippen LogP contribution >= 0.6 is 23.2 Å². The molecule has 1 fully saturated rings. The van der Waals surface area contributed by atoms with Gasteiger partial charge in [-0.05, 0) is 18.4 Å². The molecular formula is C5H4Cl2. The SMILES string of the molecule is ClC(Cl)=C=C1CC1. The van der Waals surface area contributed by atoms with Crippen molar-refractivity contribution in [2.75, 3.05) is 0 Å². The first-order chi connectivity index (χ1) is 3.29. The third kappa shape index (κ3) is 2.03. The van der Waals surface area contributed by atoms with Gasteiger partial charge in [0.15, 0.2) is 0 Å². The maximum Gasteiger partial charge on any atom is 0.148 e. The van der Waals surface area contributed by atoms with Crippen molar-refractivity contribution in [2.45, 2.75) is 12.8 Å². The van der Waals surface area contributed by atoms with Crippen molar-refractivity contribution < 1.29 is 0 Å². The summed E-state index contributed by atoms with van der Waals surface area (Å²) in [5, 5.41) is 0. The Balaban J connectivity index is 2.75. The van der Waals surface area contributed by atoms with Gasteiger partial charge in [0.1, 0.15) is 4.49 Å². The minimum absolute atomic E-state index is 0.257. The molecule has 0 unspecified atom stereocenters. The fourth-order valence-electron chi connectivity index (χ4n) is 0.321. The van der Waals surface area contributed by atoms with E-state index in [-0.39, 0.29) is 4.49 Å². The third-order valence-corrected chi connectivity index (χ3v) is 0.960. The average molecular weight is 135 g/mol. The molecule has 1 rings (SSSR count). The highest BCUT2D eigenvalue weighted by Gasteiger charge is 2.09. The van der Waals surface area contributed by atoms with Crippen LogP contribution in [0.4, 0.5) is 0 Å². The van der Waals surface area contributed by atoms with Crippen LogP contribution in [-0.2, 0) is 0 Å². The molecule has 38 valence electrons. The summed E-state index contributed by atoms with van der Waals surface area (Å²) in [6, 6.07) is 0. The first kappa shape index (κ1) is 5.24. The lowest BCUT2D eigenvalue weighted by molar-refractivity contribution is 1.50. The van der Waals surface area contributed by atoms with Crippen molar-refractivity contribution in [3.63, 3.8) is 0 Å². The van der Waals surface area contributed by atoms with Crippen LogP contribution in [0.3, 0.4) is 0 Å². The van der Waals surface area contributed by atoms with Crippen LogP contribution in [-0.4, -0.2) is 0 Å². The Kier molecular flexibility index (Phi) is 1.43. The Hall–Kier alpha value is 0.1000. The van der Waals surface area contributed by atoms with E-state index in [1.165, 1.54) is 5.57 Å². The molecule has 2 heteroatoms. The topological polar surface area (TPSA) is 0 Å². The minimum atomic E-state index is 0.257. The van der Waals surface area contributed by atoms with Crippen LogP contribution in [0.5, 0.6) is 0 Å². The van der Waals surface area contributed by atoms with E-state index in [1.54, 1.807) is 0 Å². The maximum atomic E-state index is 5.26. The first-order valence-corrected chi connectivity index (χ1v) is 2.84. The molecule has 0 heterocycles. The van der Waals surface area contributed by atoms with Crippen LogP contribution < -0.4 is 0 Å². The number of halogens is 2. The Labute approximate surface area is 52.4 Å². The Bertz CT molecular complexity index is 128. The second-order valence-electron chi connectivity index (χ2n) is 1.49. The molecule has 0 aliphatic heterocycles. The zero-order chi connectivity index (χ0) is 5.28. The normalized spacial score (nSPS) is 16.0. The largest absolute Gasteiger partial charge is 0.148 e. The molecule has 0 nitrogen and oxygen atoms in total. The second kappa shape index (κ2) is 1.92. The Morgan fingerprint density at radius 2 is 2.00 bits per heavy atom. The highest BCUT2D eigenvalue weighted by molar-refractivity contribution is 6.55. The molecule has 0 aromatic rings. The van der Waals surface area contributed by atoms with Crippen LogP contribution in [0.25, 0.3) is 0 Å². The van der Waals surface area contributed by atoms with Crippen LogP contribution in [0.1, 0.15) is 12.8 Å². The van der Waals surface area contributed by atoms with Gasteiger partial charge in [-0.15, -0.1) is 0 Å². The predicted octanol–water partition coefficient (Wildman–Crippen LogP) is 2.62. The van der Waals surface area contributed by atoms with E-state index in [9.17, 15) is 0 Å². The van der Waals surface area contributed by atoms with Crippen LogP contribution in [0, 0.1) is 0 Å². The van der Waals surface area contributed by atoms with Gasteiger partial charge in [0.2, 0.25) is 0 Å². The first-order valence-electron chi connectivity index (χ1n) is 2.09. The summed E-state index contributed by atoms with van der Waals surface area (Å²) in [6.07, 6.45) is 2.26. The molecule has 0 amide bonds. The molecule has 1 aliphatic carbocycles. The minimum Gasteiger partial charge on any atom is -0.0893 e. The van der Waals surface area contributed by atoms with Crippen molar-refractivity contribution >= 4 is 23.2 Å². The summed E-state index contributed by atoms with van der Waals surface area (Å²) >= 11 is 10.5. The van der Waals surface area contributed by atoms with Gasteiger partial charge in [-0.2, -0.15) is 0 Å². The van der Waals surface area contributed by atoms with Crippen molar-refractivity contribution in [2.24, 2.45) is 0 Å². The molecule has 0 N–H and O–H groups in total. The van der Waals surface area contributed by atoms with Crippen molar-refractivity contribution in [1.82, 2.24) is 0 Å². The summed E-state index contributed by atoms with van der Waals surface area (Å²) in [6.45, 7) is 0. The summed E-state index contributed by atoms with van der Waals surface area (Å²) in [5.74, 6) is 0. The fraction of sp³-hybridized carbons (Fsp3) is 0.400. The Morgan fingerprint density at radius 1 is 1.43 bits per heavy atom. The van der Waals surface area contributed by atoms with E-state index in [0.29, 0.717) is 0 Å². The van der Waals surface area contributed by atoms with E-state index in [1.807, 2.05) is 0 Å². The zero-order valence-corrected chi connectivity index (χ0v) is 5.18. The van der Waals surface area contributed by atoms with E-state index in [4.69, 9.17) is 23.2 Å². The van der Waals surface area contributed by atoms with Gasteiger partial charge < -0.3 is 0 Å². The van der Waals surface area contributed by atoms with Crippen LogP contribution in [0.15, 0.2) is 15.8 Å². The van der Waals surface area contributed by atoms with E-state index in [2.05, 4.69) is 5.73 Å². The molecule has 0 atom stereocenters. The van der Waals surface area contributed by atoms with Gasteiger partial charge in [0, 0.05) is 0 Å². The molecule has 0 bridgehead atoms. The number of hydrogen-bond donors (Lipinski definition) is 0. The highest BCUT2D eigenvalue weighted by Crippen LogP contribution is 2.27. The lowest BCUT2D eigenvalue weighted by Crippen LogP contribution is -1.38. The molecule has 7 heavy (non-hydrogen) atoms. The molecule has 1 aliphatic rings. The monoisotopic (exact) mass is 134 g/mol. The smallest absolute Gasteiger partial charge is 0.0893 e. The quantitative estimate of drug-likeness (QED) is 0.448. The lowest BCUT2D eigenvalue weighted by atomic mass is 10.7. The van der Waals surface area contributed by atoms with Crippen LogP contribution in [0.2, 0.25) is 0 Å². The molecule has 0 aromatic heterocycles. The van der Waals surface area contributed by atoms with Crippen molar-refractivity contribution in [1.29, 1.82) is 0 Å². The lowest BCUT2D eigenvalue weighted by Gasteiger charge is -1.64. The number of allylic oxidation sites excluding steroid dienone is 1. The van der Waals surface area contributed by atoms with Gasteiger partial charge in [-0.25, -0.2) is 0 Å². The standard InChI is InChI=1S/C5H4Cl2/c6-5(7)3-4-1-2-4/h1-2H2. The summed E-state index contributed by atoms with van der Waals surface area (Å²) < 4.78 is 0.257. The van der Waals surface area contributed by atoms with E-state index >= 15 is 0 Å². The van der Waals surface area contributed by atoms with Crippen molar-refractivity contribution in [3.05, 3.63) is 15.8 Å². The van der Waals surface area contributed by atoms with Gasteiger partial charge >= 0.3 is 0 Å². The van der Waals surface area contributed by atoms with Gasteiger partial charge in [0.05, 0.1) is 0 Å². The highest BCUT2D eigenvalue weighted by atomic mass is 35.5. The van der Waals surface area contributed by atoms with Gasteiger partial charge in [-0.3, -0.25) is 0 Å². The maximum absolute atomic E-state index is 5.26. The molecular weight excluding hydrogens is 131 g/mol. The molecule has 1 saturated carbocycles. The molecule has 0 saturated heterocycles. The predicted molar refractivity (Wildman–Crippen MR) is 31.5 cm³/mol. The fourth-order valence-corrected chi connectivity index (χ4v) is 0.588. The average Bonchev–Trinajstić information content (AvgIpc) is 2.17. The third-order valence-electron chi connectivity index (χ3n) is 0.771. The second-order valence-corrected chi connectivity index (χ2v) is 2.44. The molecule has 0 aromatic carbocycles. The van der Waals surface area contributed by atoms with Gasteiger partial charge in [-0.1, -0.05) is 28.9 Å². The summed E-state index contributed by atoms with van der Waals surface area (Å²) in [5.41, 5.74) is 4.02. The van der Waals surface area contributed by atoms with Crippen molar-refractivity contribution in [3.8, 4) is 0 Å². The zero-order valence-electron chi connectivity index (χ0n) is 3.67. The van der Waals surface area contributed by atoms with E-state index < -0.39 is 0 Å².